The molecule has 2 rings (SSSR count). The van der Waals surface area contributed by atoms with E-state index < -0.39 is 0 Å². The lowest BCUT2D eigenvalue weighted by Gasteiger charge is -2.26. The Morgan fingerprint density at radius 3 is 2.38 bits per heavy atom. The van der Waals surface area contributed by atoms with Crippen LogP contribution in [0.3, 0.4) is 0 Å². The maximum Gasteiger partial charge on any atom is 0.131 e. The summed E-state index contributed by atoms with van der Waals surface area (Å²) in [7, 11) is 0. The van der Waals surface area contributed by atoms with Gasteiger partial charge in [0.2, 0.25) is 0 Å². The fourth-order valence-electron chi connectivity index (χ4n) is 2.58. The summed E-state index contributed by atoms with van der Waals surface area (Å²) in [5, 5.41) is 5.28. The summed E-state index contributed by atoms with van der Waals surface area (Å²) in [5.74, 6) is -0.130. The van der Waals surface area contributed by atoms with Crippen LogP contribution in [0.15, 0.2) is 36.4 Å². The molecule has 21 heavy (non-hydrogen) atoms. The Labute approximate surface area is 127 Å². The predicted molar refractivity (Wildman–Crippen MR) is 89.1 cm³/mol. The van der Waals surface area contributed by atoms with E-state index in [1.807, 2.05) is 30.3 Å². The first-order chi connectivity index (χ1) is 9.89. The topological polar surface area (TPSA) is 12.0 Å². The van der Waals surface area contributed by atoms with Gasteiger partial charge in [0.15, 0.2) is 0 Å². The summed E-state index contributed by atoms with van der Waals surface area (Å²) in [6, 6.07) is 11.8. The third-order valence-corrected chi connectivity index (χ3v) is 4.02. The smallest absolute Gasteiger partial charge is 0.131 e. The zero-order valence-corrected chi connectivity index (χ0v) is 13.5. The van der Waals surface area contributed by atoms with E-state index in [1.165, 1.54) is 5.56 Å². The molecular weight excluding hydrogens is 261 g/mol. The molecule has 0 aliphatic rings. The lowest BCUT2D eigenvalue weighted by atomic mass is 9.85. The first-order valence-electron chi connectivity index (χ1n) is 7.78. The van der Waals surface area contributed by atoms with Crippen LogP contribution < -0.4 is 5.32 Å². The number of rotatable bonds is 6. The summed E-state index contributed by atoms with van der Waals surface area (Å²) in [5.41, 5.74) is 1.48. The van der Waals surface area contributed by atoms with Crippen molar-refractivity contribution in [2.75, 3.05) is 6.54 Å². The first kappa shape index (κ1) is 16.0. The van der Waals surface area contributed by atoms with Crippen molar-refractivity contribution in [1.82, 2.24) is 5.32 Å². The average molecular weight is 287 g/mol. The molecule has 0 saturated heterocycles. The minimum atomic E-state index is -0.130. The Kier molecular flexibility index (Phi) is 5.00. The maximum atomic E-state index is 13.8. The number of hydrogen-bond donors (Lipinski definition) is 1. The summed E-state index contributed by atoms with van der Waals surface area (Å²) in [6.07, 6.45) is 2.07. The first-order valence-corrected chi connectivity index (χ1v) is 7.78. The third kappa shape index (κ3) is 4.28. The predicted octanol–water partition coefficient (Wildman–Crippen LogP) is 4.94. The fourth-order valence-corrected chi connectivity index (χ4v) is 2.58. The van der Waals surface area contributed by atoms with Crippen LogP contribution in [0.4, 0.5) is 4.39 Å². The van der Waals surface area contributed by atoms with Crippen LogP contribution in [0.25, 0.3) is 10.8 Å². The van der Waals surface area contributed by atoms with Gasteiger partial charge in [0, 0.05) is 18.0 Å². The van der Waals surface area contributed by atoms with Gasteiger partial charge in [-0.15, -0.1) is 0 Å². The molecule has 0 aliphatic heterocycles. The van der Waals surface area contributed by atoms with E-state index in [1.54, 1.807) is 6.07 Å². The van der Waals surface area contributed by atoms with Crippen LogP contribution >= 0.6 is 0 Å². The molecule has 0 amide bonds. The van der Waals surface area contributed by atoms with Crippen LogP contribution in [-0.4, -0.2) is 12.6 Å². The van der Waals surface area contributed by atoms with Crippen LogP contribution in [0.5, 0.6) is 0 Å². The zero-order valence-electron chi connectivity index (χ0n) is 13.5. The monoisotopic (exact) mass is 287 g/mol. The second kappa shape index (κ2) is 6.57. The molecule has 0 aromatic heterocycles. The van der Waals surface area contributed by atoms with Crippen LogP contribution in [0.1, 0.15) is 39.7 Å². The van der Waals surface area contributed by atoms with Gasteiger partial charge in [-0.3, -0.25) is 0 Å². The van der Waals surface area contributed by atoms with Crippen molar-refractivity contribution in [3.8, 4) is 0 Å². The van der Waals surface area contributed by atoms with Crippen molar-refractivity contribution in [3.05, 3.63) is 47.8 Å². The highest BCUT2D eigenvalue weighted by Gasteiger charge is 2.18. The standard InChI is InChI=1S/C19H26FN/c1-14(2)21-13-19(3,4)12-11-15-9-10-18(20)17-8-6-5-7-16(15)17/h5-10,14,21H,11-13H2,1-4H3. The minimum Gasteiger partial charge on any atom is -0.314 e. The molecule has 0 atom stereocenters. The number of hydrogen-bond acceptors (Lipinski definition) is 1. The zero-order chi connectivity index (χ0) is 15.5. The van der Waals surface area contributed by atoms with Gasteiger partial charge in [0.25, 0.3) is 0 Å². The Balaban J connectivity index is 2.12. The second-order valence-electron chi connectivity index (χ2n) is 6.95. The number of fused-ring (bicyclic) bond motifs is 1. The van der Waals surface area contributed by atoms with Gasteiger partial charge < -0.3 is 5.32 Å². The van der Waals surface area contributed by atoms with Gasteiger partial charge in [-0.25, -0.2) is 4.39 Å². The Morgan fingerprint density at radius 2 is 1.71 bits per heavy atom. The molecule has 114 valence electrons. The normalized spacial score (nSPS) is 12.3. The lowest BCUT2D eigenvalue weighted by Crippen LogP contribution is -2.34. The maximum absolute atomic E-state index is 13.8. The lowest BCUT2D eigenvalue weighted by molar-refractivity contribution is 0.304. The molecule has 2 heteroatoms. The molecule has 0 radical (unpaired) electrons. The molecule has 0 fully saturated rings. The molecule has 2 aromatic rings. The molecule has 2 aromatic carbocycles. The number of halogens is 1. The number of benzene rings is 2. The van der Waals surface area contributed by atoms with Crippen molar-refractivity contribution in [3.63, 3.8) is 0 Å². The number of aryl methyl sites for hydroxylation is 1. The Morgan fingerprint density at radius 1 is 1.05 bits per heavy atom. The van der Waals surface area contributed by atoms with Crippen molar-refractivity contribution in [2.24, 2.45) is 5.41 Å². The highest BCUT2D eigenvalue weighted by Crippen LogP contribution is 2.27. The van der Waals surface area contributed by atoms with Gasteiger partial charge in [-0.1, -0.05) is 58.0 Å². The largest absolute Gasteiger partial charge is 0.314 e. The van der Waals surface area contributed by atoms with E-state index in [4.69, 9.17) is 0 Å². The van der Waals surface area contributed by atoms with Gasteiger partial charge in [-0.2, -0.15) is 0 Å². The van der Waals surface area contributed by atoms with E-state index in [0.717, 1.165) is 30.2 Å². The molecule has 0 heterocycles. The highest BCUT2D eigenvalue weighted by molar-refractivity contribution is 5.86. The summed E-state index contributed by atoms with van der Waals surface area (Å²) < 4.78 is 13.8. The van der Waals surface area contributed by atoms with Crippen molar-refractivity contribution < 1.29 is 4.39 Å². The molecule has 1 nitrogen and oxygen atoms in total. The fraction of sp³-hybridized carbons (Fsp3) is 0.474. The summed E-state index contributed by atoms with van der Waals surface area (Å²) in [4.78, 5) is 0. The van der Waals surface area contributed by atoms with Crippen molar-refractivity contribution in [1.29, 1.82) is 0 Å². The number of nitrogens with one attached hydrogen (secondary N) is 1. The van der Waals surface area contributed by atoms with Gasteiger partial charge in [-0.05, 0) is 35.3 Å². The molecule has 0 saturated carbocycles. The highest BCUT2D eigenvalue weighted by atomic mass is 19.1. The molecule has 0 bridgehead atoms. The van der Waals surface area contributed by atoms with Crippen LogP contribution in [0, 0.1) is 11.2 Å². The van der Waals surface area contributed by atoms with Crippen molar-refractivity contribution in [2.45, 2.75) is 46.6 Å². The van der Waals surface area contributed by atoms with Crippen molar-refractivity contribution >= 4 is 10.8 Å². The van der Waals surface area contributed by atoms with E-state index in [9.17, 15) is 4.39 Å². The Bertz CT molecular complexity index is 602. The van der Waals surface area contributed by atoms with Gasteiger partial charge in [0.1, 0.15) is 5.82 Å². The second-order valence-corrected chi connectivity index (χ2v) is 6.95. The van der Waals surface area contributed by atoms with E-state index >= 15 is 0 Å². The minimum absolute atomic E-state index is 0.130. The van der Waals surface area contributed by atoms with Crippen LogP contribution in [0.2, 0.25) is 0 Å². The van der Waals surface area contributed by atoms with E-state index in [2.05, 4.69) is 33.0 Å². The van der Waals surface area contributed by atoms with E-state index in [-0.39, 0.29) is 11.2 Å². The average Bonchev–Trinajstić information content (AvgIpc) is 2.45. The molecular formula is C19H26FN. The van der Waals surface area contributed by atoms with Crippen LogP contribution in [-0.2, 0) is 6.42 Å². The van der Waals surface area contributed by atoms with E-state index in [0.29, 0.717) is 6.04 Å². The van der Waals surface area contributed by atoms with Gasteiger partial charge >= 0.3 is 0 Å². The molecule has 0 aliphatic carbocycles. The third-order valence-electron chi connectivity index (χ3n) is 4.02. The molecule has 0 unspecified atom stereocenters. The quantitative estimate of drug-likeness (QED) is 0.794. The molecule has 0 spiro atoms. The summed E-state index contributed by atoms with van der Waals surface area (Å²) >= 11 is 0. The Hall–Kier alpha value is -1.41. The molecule has 1 N–H and O–H groups in total. The van der Waals surface area contributed by atoms with Gasteiger partial charge in [0.05, 0.1) is 0 Å². The SMILES string of the molecule is CC(C)NCC(C)(C)CCc1ccc(F)c2ccccc12. The summed E-state index contributed by atoms with van der Waals surface area (Å²) in [6.45, 7) is 9.92.